The number of pyridine rings is 1. The first-order valence-corrected chi connectivity index (χ1v) is 10.1. The summed E-state index contributed by atoms with van der Waals surface area (Å²) in [5.41, 5.74) is 3.18. The molecule has 6 nitrogen and oxygen atoms in total. The molecule has 150 valence electrons. The number of rotatable bonds is 6. The molecular weight excluding hydrogens is 403 g/mol. The van der Waals surface area contributed by atoms with E-state index in [1.54, 1.807) is 30.5 Å². The molecule has 0 saturated carbocycles. The van der Waals surface area contributed by atoms with Gasteiger partial charge in [0.1, 0.15) is 5.82 Å². The number of benzene rings is 2. The largest absolute Gasteiger partial charge is 0.316 e. The molecule has 0 spiro atoms. The van der Waals surface area contributed by atoms with E-state index in [1.807, 2.05) is 34.2 Å². The Kier molecular flexibility index (Phi) is 5.76. The molecule has 0 unspecified atom stereocenters. The quantitative estimate of drug-likeness (QED) is 0.320. The van der Waals surface area contributed by atoms with Crippen LogP contribution in [0, 0.1) is 15.9 Å². The fraction of sp³-hybridized carbons (Fsp3) is 0.0909. The smallest absolute Gasteiger partial charge is 0.270 e. The summed E-state index contributed by atoms with van der Waals surface area (Å²) in [6.45, 7) is 0.596. The van der Waals surface area contributed by atoms with Gasteiger partial charge in [-0.05, 0) is 36.4 Å². The highest BCUT2D eigenvalue weighted by molar-refractivity contribution is 7.07. The second-order valence-corrected chi connectivity index (χ2v) is 7.36. The van der Waals surface area contributed by atoms with E-state index >= 15 is 0 Å². The van der Waals surface area contributed by atoms with Crippen molar-refractivity contribution in [2.45, 2.75) is 13.0 Å². The molecule has 0 saturated heterocycles. The first-order chi connectivity index (χ1) is 14.6. The molecule has 0 radical (unpaired) electrons. The fourth-order valence-corrected chi connectivity index (χ4v) is 4.00. The Hall–Kier alpha value is -3.65. The van der Waals surface area contributed by atoms with Crippen molar-refractivity contribution in [2.75, 3.05) is 0 Å². The van der Waals surface area contributed by atoms with Crippen LogP contribution in [0.1, 0.15) is 5.69 Å². The zero-order valence-electron chi connectivity index (χ0n) is 15.8. The highest BCUT2D eigenvalue weighted by Crippen LogP contribution is 2.25. The van der Waals surface area contributed by atoms with Crippen LogP contribution in [-0.4, -0.2) is 14.5 Å². The standard InChI is InChI=1S/C22H17FN4O2S/c23-17-7-9-19(10-8-17)25-22-26(13-11-18-5-1-2-12-24-18)21(15-30-22)16-4-3-6-20(14-16)27(28)29/h1-10,12,14-15H,11,13H2. The van der Waals surface area contributed by atoms with E-state index in [0.29, 0.717) is 18.7 Å². The molecule has 0 aliphatic heterocycles. The normalized spacial score (nSPS) is 11.6. The van der Waals surface area contributed by atoms with Crippen molar-refractivity contribution >= 4 is 22.7 Å². The molecule has 0 atom stereocenters. The van der Waals surface area contributed by atoms with Crippen LogP contribution >= 0.6 is 11.3 Å². The number of non-ortho nitro benzene ring substituents is 1. The van der Waals surface area contributed by atoms with Crippen molar-refractivity contribution < 1.29 is 9.31 Å². The zero-order chi connectivity index (χ0) is 20.9. The van der Waals surface area contributed by atoms with Crippen LogP contribution in [0.5, 0.6) is 0 Å². The fourth-order valence-electron chi connectivity index (χ4n) is 3.04. The van der Waals surface area contributed by atoms with Crippen molar-refractivity contribution in [1.29, 1.82) is 0 Å². The number of hydrogen-bond acceptors (Lipinski definition) is 5. The zero-order valence-corrected chi connectivity index (χ0v) is 16.6. The van der Waals surface area contributed by atoms with Gasteiger partial charge in [0.15, 0.2) is 4.80 Å². The predicted octanol–water partition coefficient (Wildman–Crippen LogP) is 5.13. The molecule has 30 heavy (non-hydrogen) atoms. The van der Waals surface area contributed by atoms with Crippen LogP contribution in [-0.2, 0) is 13.0 Å². The van der Waals surface area contributed by atoms with Crippen LogP contribution in [0.3, 0.4) is 0 Å². The van der Waals surface area contributed by atoms with Gasteiger partial charge >= 0.3 is 0 Å². The van der Waals surface area contributed by atoms with Crippen LogP contribution in [0.25, 0.3) is 11.3 Å². The van der Waals surface area contributed by atoms with Gasteiger partial charge in [0.2, 0.25) is 0 Å². The predicted molar refractivity (Wildman–Crippen MR) is 114 cm³/mol. The lowest BCUT2D eigenvalue weighted by Crippen LogP contribution is -2.17. The minimum atomic E-state index is -0.405. The van der Waals surface area contributed by atoms with Gasteiger partial charge in [-0.15, -0.1) is 11.3 Å². The second-order valence-electron chi connectivity index (χ2n) is 6.52. The summed E-state index contributed by atoms with van der Waals surface area (Å²) in [6, 6.07) is 18.3. The topological polar surface area (TPSA) is 73.3 Å². The van der Waals surface area contributed by atoms with Gasteiger partial charge in [0.25, 0.3) is 5.69 Å². The van der Waals surface area contributed by atoms with Crippen molar-refractivity contribution in [3.8, 4) is 11.3 Å². The lowest BCUT2D eigenvalue weighted by molar-refractivity contribution is -0.384. The number of nitrogens with zero attached hydrogens (tertiary/aromatic N) is 4. The average molecular weight is 420 g/mol. The number of thiazole rings is 1. The van der Waals surface area contributed by atoms with Gasteiger partial charge in [0, 0.05) is 47.9 Å². The SMILES string of the molecule is O=[N+]([O-])c1cccc(-c2csc(=Nc3ccc(F)cc3)n2CCc2ccccn2)c1. The minimum absolute atomic E-state index is 0.0343. The van der Waals surface area contributed by atoms with Crippen molar-refractivity contribution in [1.82, 2.24) is 9.55 Å². The summed E-state index contributed by atoms with van der Waals surface area (Å²) in [6.07, 6.45) is 2.43. The number of nitro benzene ring substituents is 1. The van der Waals surface area contributed by atoms with Crippen molar-refractivity contribution in [2.24, 2.45) is 4.99 Å². The third kappa shape index (κ3) is 4.49. The molecule has 4 rings (SSSR count). The lowest BCUT2D eigenvalue weighted by Gasteiger charge is -2.09. The summed E-state index contributed by atoms with van der Waals surface area (Å²) in [7, 11) is 0. The molecule has 4 aromatic rings. The van der Waals surface area contributed by atoms with Gasteiger partial charge in [-0.25, -0.2) is 9.38 Å². The van der Waals surface area contributed by atoms with E-state index in [1.165, 1.54) is 29.5 Å². The molecule has 0 aliphatic carbocycles. The maximum atomic E-state index is 13.2. The van der Waals surface area contributed by atoms with Gasteiger partial charge in [-0.1, -0.05) is 18.2 Å². The molecule has 2 heterocycles. The number of halogens is 1. The summed E-state index contributed by atoms with van der Waals surface area (Å²) < 4.78 is 15.3. The summed E-state index contributed by atoms with van der Waals surface area (Å²) >= 11 is 1.43. The summed E-state index contributed by atoms with van der Waals surface area (Å²) in [5.74, 6) is -0.319. The molecule has 0 aliphatic rings. The van der Waals surface area contributed by atoms with Crippen LogP contribution < -0.4 is 4.80 Å². The molecule has 0 fully saturated rings. The van der Waals surface area contributed by atoms with Gasteiger partial charge in [-0.2, -0.15) is 0 Å². The van der Waals surface area contributed by atoms with E-state index in [0.717, 1.165) is 21.8 Å². The number of hydrogen-bond donors (Lipinski definition) is 0. The molecule has 0 amide bonds. The van der Waals surface area contributed by atoms with E-state index in [9.17, 15) is 14.5 Å². The second kappa shape index (κ2) is 8.79. The third-order valence-corrected chi connectivity index (χ3v) is 5.38. The first-order valence-electron chi connectivity index (χ1n) is 9.23. The number of nitro groups is 1. The van der Waals surface area contributed by atoms with E-state index in [2.05, 4.69) is 9.98 Å². The first kappa shape index (κ1) is 19.7. The Bertz CT molecular complexity index is 1230. The summed E-state index contributed by atoms with van der Waals surface area (Å²) in [5, 5.41) is 13.1. The highest BCUT2D eigenvalue weighted by atomic mass is 32.1. The molecular formula is C22H17FN4O2S. The number of aryl methyl sites for hydroxylation is 1. The highest BCUT2D eigenvalue weighted by Gasteiger charge is 2.13. The van der Waals surface area contributed by atoms with E-state index in [-0.39, 0.29) is 11.5 Å². The number of aromatic nitrogens is 2. The lowest BCUT2D eigenvalue weighted by atomic mass is 10.1. The van der Waals surface area contributed by atoms with Crippen LogP contribution in [0.2, 0.25) is 0 Å². The van der Waals surface area contributed by atoms with Crippen LogP contribution in [0.4, 0.5) is 15.8 Å². The molecule has 0 bridgehead atoms. The molecule has 2 aromatic carbocycles. The average Bonchev–Trinajstić information content (AvgIpc) is 3.17. The third-order valence-electron chi connectivity index (χ3n) is 4.52. The van der Waals surface area contributed by atoms with Crippen LogP contribution in [0.15, 0.2) is 83.3 Å². The minimum Gasteiger partial charge on any atom is -0.316 e. The Labute approximate surface area is 175 Å². The Morgan fingerprint density at radius 1 is 1.10 bits per heavy atom. The van der Waals surface area contributed by atoms with Gasteiger partial charge in [0.05, 0.1) is 16.3 Å². The summed E-state index contributed by atoms with van der Waals surface area (Å²) in [4.78, 5) is 20.5. The Morgan fingerprint density at radius 3 is 2.67 bits per heavy atom. The Balaban J connectivity index is 1.78. The Morgan fingerprint density at radius 2 is 1.93 bits per heavy atom. The van der Waals surface area contributed by atoms with Gasteiger partial charge in [-0.3, -0.25) is 15.1 Å². The van der Waals surface area contributed by atoms with Crippen molar-refractivity contribution in [3.63, 3.8) is 0 Å². The molecule has 0 N–H and O–H groups in total. The van der Waals surface area contributed by atoms with Gasteiger partial charge < -0.3 is 4.57 Å². The maximum absolute atomic E-state index is 13.2. The van der Waals surface area contributed by atoms with E-state index < -0.39 is 4.92 Å². The van der Waals surface area contributed by atoms with E-state index in [4.69, 9.17) is 0 Å². The monoisotopic (exact) mass is 420 g/mol. The van der Waals surface area contributed by atoms with Crippen molar-refractivity contribution in [3.05, 3.63) is 105 Å². The molecule has 8 heteroatoms. The maximum Gasteiger partial charge on any atom is 0.270 e. The molecule has 2 aromatic heterocycles.